The SMILES string of the molecule is Cc1cnc(-c2cn[nH]n2)nc1CO. The molecule has 0 bridgehead atoms. The fourth-order valence-corrected chi connectivity index (χ4v) is 1.07. The predicted molar refractivity (Wildman–Crippen MR) is 48.1 cm³/mol. The summed E-state index contributed by atoms with van der Waals surface area (Å²) in [6.45, 7) is 1.75. The summed E-state index contributed by atoms with van der Waals surface area (Å²) in [6, 6.07) is 0. The van der Waals surface area contributed by atoms with Crippen LogP contribution in [0.2, 0.25) is 0 Å². The first-order valence-electron chi connectivity index (χ1n) is 4.11. The minimum absolute atomic E-state index is 0.0980. The zero-order valence-electron chi connectivity index (χ0n) is 7.60. The van der Waals surface area contributed by atoms with Gasteiger partial charge in [0.25, 0.3) is 0 Å². The Hall–Kier alpha value is -1.82. The molecule has 2 N–H and O–H groups in total. The second-order valence-electron chi connectivity index (χ2n) is 2.84. The summed E-state index contributed by atoms with van der Waals surface area (Å²) in [5, 5.41) is 19.0. The van der Waals surface area contributed by atoms with Crippen LogP contribution in [0.25, 0.3) is 11.5 Å². The van der Waals surface area contributed by atoms with E-state index in [9.17, 15) is 0 Å². The summed E-state index contributed by atoms with van der Waals surface area (Å²) in [5.41, 5.74) is 2.04. The Balaban J connectivity index is 2.46. The van der Waals surface area contributed by atoms with Gasteiger partial charge in [0.1, 0.15) is 5.69 Å². The van der Waals surface area contributed by atoms with Gasteiger partial charge in [0.2, 0.25) is 0 Å². The van der Waals surface area contributed by atoms with Crippen molar-refractivity contribution in [1.29, 1.82) is 0 Å². The lowest BCUT2D eigenvalue weighted by Crippen LogP contribution is -1.98. The molecule has 0 radical (unpaired) electrons. The Kier molecular flexibility index (Phi) is 2.19. The summed E-state index contributed by atoms with van der Waals surface area (Å²) >= 11 is 0. The highest BCUT2D eigenvalue weighted by atomic mass is 16.3. The number of nitrogens with one attached hydrogen (secondary N) is 1. The molecule has 2 rings (SSSR count). The summed E-state index contributed by atoms with van der Waals surface area (Å²) in [4.78, 5) is 8.23. The third-order valence-corrected chi connectivity index (χ3v) is 1.87. The van der Waals surface area contributed by atoms with Crippen LogP contribution in [0.3, 0.4) is 0 Å². The summed E-state index contributed by atoms with van der Waals surface area (Å²) < 4.78 is 0. The molecule has 0 aliphatic carbocycles. The monoisotopic (exact) mass is 191 g/mol. The fourth-order valence-electron chi connectivity index (χ4n) is 1.07. The van der Waals surface area contributed by atoms with Crippen molar-refractivity contribution >= 4 is 0 Å². The number of aromatic nitrogens is 5. The maximum atomic E-state index is 9.01. The van der Waals surface area contributed by atoms with Gasteiger partial charge in [-0.2, -0.15) is 15.4 Å². The minimum Gasteiger partial charge on any atom is -0.390 e. The van der Waals surface area contributed by atoms with Gasteiger partial charge in [-0.1, -0.05) is 0 Å². The number of H-pyrrole nitrogens is 1. The van der Waals surface area contributed by atoms with E-state index in [1.807, 2.05) is 6.92 Å². The van der Waals surface area contributed by atoms with E-state index < -0.39 is 0 Å². The molecule has 0 saturated carbocycles. The third-order valence-electron chi connectivity index (χ3n) is 1.87. The highest BCUT2D eigenvalue weighted by Crippen LogP contribution is 2.11. The molecule has 0 aromatic carbocycles. The van der Waals surface area contributed by atoms with Crippen LogP contribution in [-0.4, -0.2) is 30.5 Å². The summed E-state index contributed by atoms with van der Waals surface area (Å²) in [5.74, 6) is 0.466. The first kappa shape index (κ1) is 8.76. The minimum atomic E-state index is -0.0980. The molecule has 0 amide bonds. The Bertz CT molecular complexity index is 425. The molecule has 14 heavy (non-hydrogen) atoms. The first-order valence-corrected chi connectivity index (χ1v) is 4.11. The van der Waals surface area contributed by atoms with Gasteiger partial charge in [-0.15, -0.1) is 0 Å². The van der Waals surface area contributed by atoms with Crippen LogP contribution in [0.4, 0.5) is 0 Å². The Morgan fingerprint density at radius 2 is 2.29 bits per heavy atom. The van der Waals surface area contributed by atoms with Crippen molar-refractivity contribution in [2.24, 2.45) is 0 Å². The van der Waals surface area contributed by atoms with Crippen LogP contribution in [0, 0.1) is 6.92 Å². The van der Waals surface area contributed by atoms with Gasteiger partial charge in [-0.05, 0) is 12.5 Å². The van der Waals surface area contributed by atoms with E-state index in [2.05, 4.69) is 25.4 Å². The van der Waals surface area contributed by atoms with E-state index in [4.69, 9.17) is 5.11 Å². The van der Waals surface area contributed by atoms with E-state index in [-0.39, 0.29) is 6.61 Å². The van der Waals surface area contributed by atoms with E-state index in [0.29, 0.717) is 17.2 Å². The van der Waals surface area contributed by atoms with Crippen molar-refractivity contribution in [3.05, 3.63) is 23.7 Å². The molecule has 2 aromatic heterocycles. The summed E-state index contributed by atoms with van der Waals surface area (Å²) in [7, 11) is 0. The Labute approximate surface area is 80.0 Å². The molecule has 2 aromatic rings. The zero-order valence-corrected chi connectivity index (χ0v) is 7.60. The van der Waals surface area contributed by atoms with Crippen molar-refractivity contribution in [1.82, 2.24) is 25.4 Å². The summed E-state index contributed by atoms with van der Waals surface area (Å²) in [6.07, 6.45) is 3.19. The number of aryl methyl sites for hydroxylation is 1. The second-order valence-corrected chi connectivity index (χ2v) is 2.84. The quantitative estimate of drug-likeness (QED) is 0.700. The van der Waals surface area contributed by atoms with Crippen LogP contribution >= 0.6 is 0 Å². The fraction of sp³-hybridized carbons (Fsp3) is 0.250. The van der Waals surface area contributed by atoms with Crippen molar-refractivity contribution in [2.75, 3.05) is 0 Å². The number of aromatic amines is 1. The highest BCUT2D eigenvalue weighted by molar-refractivity contribution is 5.46. The van der Waals surface area contributed by atoms with Crippen LogP contribution in [-0.2, 0) is 6.61 Å². The van der Waals surface area contributed by atoms with Crippen LogP contribution in [0.15, 0.2) is 12.4 Å². The van der Waals surface area contributed by atoms with Crippen molar-refractivity contribution in [2.45, 2.75) is 13.5 Å². The van der Waals surface area contributed by atoms with Crippen LogP contribution < -0.4 is 0 Å². The Morgan fingerprint density at radius 3 is 2.93 bits per heavy atom. The van der Waals surface area contributed by atoms with Gasteiger partial charge in [-0.25, -0.2) is 9.97 Å². The van der Waals surface area contributed by atoms with Crippen molar-refractivity contribution in [3.63, 3.8) is 0 Å². The third kappa shape index (κ3) is 1.47. The number of hydrogen-bond acceptors (Lipinski definition) is 5. The van der Waals surface area contributed by atoms with E-state index in [1.165, 1.54) is 6.20 Å². The van der Waals surface area contributed by atoms with Gasteiger partial charge in [0.05, 0.1) is 18.5 Å². The average Bonchev–Trinajstić information content (AvgIpc) is 2.71. The molecule has 0 saturated heterocycles. The van der Waals surface area contributed by atoms with Crippen molar-refractivity contribution in [3.8, 4) is 11.5 Å². The highest BCUT2D eigenvalue weighted by Gasteiger charge is 2.06. The van der Waals surface area contributed by atoms with Crippen LogP contribution in [0.5, 0.6) is 0 Å². The number of hydrogen-bond donors (Lipinski definition) is 2. The standard InChI is InChI=1S/C8H9N5O/c1-5-2-9-8(11-7(5)4-14)6-3-10-13-12-6/h2-3,14H,4H2,1H3,(H,10,12,13). The second kappa shape index (κ2) is 3.51. The predicted octanol–water partition coefficient (Wildman–Crippen LogP) is 0.0624. The van der Waals surface area contributed by atoms with Gasteiger partial charge < -0.3 is 5.11 Å². The first-order chi connectivity index (χ1) is 6.81. The molecule has 72 valence electrons. The lowest BCUT2D eigenvalue weighted by atomic mass is 10.2. The number of rotatable bonds is 2. The van der Waals surface area contributed by atoms with Gasteiger partial charge >= 0.3 is 0 Å². The lowest BCUT2D eigenvalue weighted by Gasteiger charge is -2.01. The van der Waals surface area contributed by atoms with E-state index >= 15 is 0 Å². The molecule has 6 heteroatoms. The van der Waals surface area contributed by atoms with Gasteiger partial charge in [0, 0.05) is 6.20 Å². The molecule has 0 atom stereocenters. The number of nitrogens with zero attached hydrogens (tertiary/aromatic N) is 4. The van der Waals surface area contributed by atoms with Crippen LogP contribution in [0.1, 0.15) is 11.3 Å². The molecule has 6 nitrogen and oxygen atoms in total. The van der Waals surface area contributed by atoms with Gasteiger partial charge in [-0.3, -0.25) is 0 Å². The molecule has 0 aliphatic rings. The maximum Gasteiger partial charge on any atom is 0.182 e. The number of aliphatic hydroxyl groups is 1. The topological polar surface area (TPSA) is 87.6 Å². The molecule has 0 unspecified atom stereocenters. The van der Waals surface area contributed by atoms with E-state index in [1.54, 1.807) is 6.20 Å². The normalized spacial score (nSPS) is 10.4. The maximum absolute atomic E-state index is 9.01. The molecule has 0 spiro atoms. The molecule has 0 aliphatic heterocycles. The largest absolute Gasteiger partial charge is 0.390 e. The molecule has 0 fully saturated rings. The van der Waals surface area contributed by atoms with E-state index in [0.717, 1.165) is 5.56 Å². The molecule has 2 heterocycles. The average molecular weight is 191 g/mol. The zero-order chi connectivity index (χ0) is 9.97. The number of aliphatic hydroxyl groups excluding tert-OH is 1. The van der Waals surface area contributed by atoms with Crippen molar-refractivity contribution < 1.29 is 5.11 Å². The Morgan fingerprint density at radius 1 is 1.43 bits per heavy atom. The molecular formula is C8H9N5O. The molecular weight excluding hydrogens is 182 g/mol. The smallest absolute Gasteiger partial charge is 0.182 e. The lowest BCUT2D eigenvalue weighted by molar-refractivity contribution is 0.276. The van der Waals surface area contributed by atoms with Gasteiger partial charge in [0.15, 0.2) is 5.82 Å².